The fourth-order valence-corrected chi connectivity index (χ4v) is 3.73. The summed E-state index contributed by atoms with van der Waals surface area (Å²) in [5.74, 6) is -0.322. The third-order valence-electron chi connectivity index (χ3n) is 5.39. The van der Waals surface area contributed by atoms with Crippen LogP contribution in [0.15, 0.2) is 60.7 Å². The molecule has 0 fully saturated rings. The minimum absolute atomic E-state index is 0.105. The number of nitrogens with zero attached hydrogens (tertiary/aromatic N) is 4. The van der Waals surface area contributed by atoms with Crippen molar-refractivity contribution in [2.45, 2.75) is 20.8 Å². The van der Waals surface area contributed by atoms with E-state index < -0.39 is 11.8 Å². The number of carbonyl (C=O) groups is 2. The maximum Gasteiger partial charge on any atom is 0.292 e. The maximum atomic E-state index is 12.8. The van der Waals surface area contributed by atoms with Crippen molar-refractivity contribution in [1.82, 2.24) is 30.4 Å². The third kappa shape index (κ3) is 4.20. The van der Waals surface area contributed by atoms with E-state index in [9.17, 15) is 9.59 Å². The first-order valence-electron chi connectivity index (χ1n) is 10.3. The lowest BCUT2D eigenvalue weighted by atomic mass is 10.2. The van der Waals surface area contributed by atoms with Gasteiger partial charge in [0.2, 0.25) is 0 Å². The van der Waals surface area contributed by atoms with Crippen LogP contribution in [0.4, 0.5) is 0 Å². The van der Waals surface area contributed by atoms with Crippen LogP contribution < -0.4 is 15.6 Å². The number of para-hydroxylation sites is 1. The zero-order valence-electron chi connectivity index (χ0n) is 18.8. The number of nitrogens with one attached hydrogen (secondary N) is 2. The Morgan fingerprint density at radius 1 is 0.848 bits per heavy atom. The number of benzene rings is 2. The van der Waals surface area contributed by atoms with E-state index in [0.29, 0.717) is 22.7 Å². The Morgan fingerprint density at radius 2 is 1.55 bits per heavy atom. The first-order valence-corrected chi connectivity index (χ1v) is 10.3. The molecule has 0 saturated carbocycles. The lowest BCUT2D eigenvalue weighted by Crippen LogP contribution is -2.42. The number of carbonyl (C=O) groups excluding carboxylic acids is 2. The molecular formula is C24H24N6O3. The Balaban J connectivity index is 1.49. The van der Waals surface area contributed by atoms with Gasteiger partial charge in [-0.1, -0.05) is 29.5 Å². The quantitative estimate of drug-likeness (QED) is 0.461. The summed E-state index contributed by atoms with van der Waals surface area (Å²) < 4.78 is 8.76. The molecule has 2 aromatic carbocycles. The second-order valence-corrected chi connectivity index (χ2v) is 7.50. The van der Waals surface area contributed by atoms with Crippen LogP contribution in [0.25, 0.3) is 11.4 Å². The molecular weight excluding hydrogens is 420 g/mol. The average molecular weight is 444 g/mol. The van der Waals surface area contributed by atoms with Crippen molar-refractivity contribution in [3.63, 3.8) is 0 Å². The summed E-state index contributed by atoms with van der Waals surface area (Å²) in [7, 11) is 1.58. The van der Waals surface area contributed by atoms with Gasteiger partial charge in [0.25, 0.3) is 11.8 Å². The molecule has 4 rings (SSSR count). The number of hydrogen-bond donors (Lipinski definition) is 2. The van der Waals surface area contributed by atoms with Gasteiger partial charge in [0, 0.05) is 23.1 Å². The highest BCUT2D eigenvalue weighted by Crippen LogP contribution is 2.21. The van der Waals surface area contributed by atoms with Crippen LogP contribution in [-0.2, 0) is 0 Å². The molecule has 2 aromatic heterocycles. The van der Waals surface area contributed by atoms with Gasteiger partial charge in [-0.3, -0.25) is 20.4 Å². The number of amides is 2. The van der Waals surface area contributed by atoms with E-state index in [0.717, 1.165) is 17.1 Å². The summed E-state index contributed by atoms with van der Waals surface area (Å²) in [6.07, 6.45) is 0. The molecule has 2 N–H and O–H groups in total. The number of rotatable bonds is 5. The molecule has 9 heteroatoms. The Kier molecular flexibility index (Phi) is 5.95. The second-order valence-electron chi connectivity index (χ2n) is 7.50. The summed E-state index contributed by atoms with van der Waals surface area (Å²) >= 11 is 0. The van der Waals surface area contributed by atoms with Crippen molar-refractivity contribution in [1.29, 1.82) is 0 Å². The van der Waals surface area contributed by atoms with Crippen molar-refractivity contribution in [3.8, 4) is 17.1 Å². The monoisotopic (exact) mass is 444 g/mol. The zero-order chi connectivity index (χ0) is 23.5. The standard InChI is InChI=1S/C24H24N6O3/c1-15-13-21(16(2)29(15)18-9-6-5-7-10-18)23(31)26-27-24(32)22-17(3)30(28-25-22)19-11-8-12-20(14-19)33-4/h5-14H,1-4H3,(H,26,31)(H,27,32). The van der Waals surface area contributed by atoms with Crippen LogP contribution in [0.2, 0.25) is 0 Å². The highest BCUT2D eigenvalue weighted by Gasteiger charge is 2.20. The smallest absolute Gasteiger partial charge is 0.292 e. The van der Waals surface area contributed by atoms with E-state index >= 15 is 0 Å². The van der Waals surface area contributed by atoms with Crippen LogP contribution in [0, 0.1) is 20.8 Å². The van der Waals surface area contributed by atoms with Crippen molar-refractivity contribution in [2.24, 2.45) is 0 Å². The molecule has 0 aliphatic rings. The van der Waals surface area contributed by atoms with Gasteiger partial charge in [-0.2, -0.15) is 0 Å². The molecule has 0 spiro atoms. The van der Waals surface area contributed by atoms with E-state index in [1.54, 1.807) is 26.2 Å². The molecule has 0 aliphatic carbocycles. The largest absolute Gasteiger partial charge is 0.497 e. The number of hydrazine groups is 1. The molecule has 33 heavy (non-hydrogen) atoms. The van der Waals surface area contributed by atoms with Crippen LogP contribution in [0.5, 0.6) is 5.75 Å². The van der Waals surface area contributed by atoms with E-state index in [4.69, 9.17) is 4.74 Å². The predicted molar refractivity (Wildman–Crippen MR) is 123 cm³/mol. The molecule has 4 aromatic rings. The van der Waals surface area contributed by atoms with Gasteiger partial charge in [-0.05, 0) is 51.1 Å². The van der Waals surface area contributed by atoms with Crippen LogP contribution in [0.3, 0.4) is 0 Å². The fraction of sp³-hybridized carbons (Fsp3) is 0.167. The number of methoxy groups -OCH3 is 1. The molecule has 9 nitrogen and oxygen atoms in total. The lowest BCUT2D eigenvalue weighted by molar-refractivity contribution is 0.0843. The minimum atomic E-state index is -0.563. The van der Waals surface area contributed by atoms with Crippen molar-refractivity contribution < 1.29 is 14.3 Å². The van der Waals surface area contributed by atoms with Gasteiger partial charge in [-0.25, -0.2) is 4.68 Å². The number of aromatic nitrogens is 4. The van der Waals surface area contributed by atoms with Crippen LogP contribution in [-0.4, -0.2) is 38.5 Å². The molecule has 0 aliphatic heterocycles. The SMILES string of the molecule is COc1cccc(-n2nnc(C(=O)NNC(=O)c3cc(C)n(-c4ccccc4)c3C)c2C)c1. The Morgan fingerprint density at radius 3 is 2.27 bits per heavy atom. The van der Waals surface area contributed by atoms with E-state index in [1.165, 1.54) is 4.68 Å². The summed E-state index contributed by atoms with van der Waals surface area (Å²) in [5, 5.41) is 8.04. The number of aryl methyl sites for hydroxylation is 1. The van der Waals surface area contributed by atoms with Gasteiger partial charge >= 0.3 is 0 Å². The van der Waals surface area contributed by atoms with Crippen LogP contribution >= 0.6 is 0 Å². The van der Waals surface area contributed by atoms with Crippen LogP contribution in [0.1, 0.15) is 37.9 Å². The Bertz CT molecular complexity index is 1320. The highest BCUT2D eigenvalue weighted by molar-refractivity contribution is 5.99. The van der Waals surface area contributed by atoms with Crippen molar-refractivity contribution in [3.05, 3.63) is 89.0 Å². The summed E-state index contributed by atoms with van der Waals surface area (Å²) in [5.41, 5.74) is 9.35. The molecule has 0 saturated heterocycles. The summed E-state index contributed by atoms with van der Waals surface area (Å²) in [6, 6.07) is 18.8. The minimum Gasteiger partial charge on any atom is -0.497 e. The van der Waals surface area contributed by atoms with Gasteiger partial charge in [0.1, 0.15) is 5.75 Å². The van der Waals surface area contributed by atoms with Crippen molar-refractivity contribution >= 4 is 11.8 Å². The summed E-state index contributed by atoms with van der Waals surface area (Å²) in [6.45, 7) is 5.51. The molecule has 0 bridgehead atoms. The van der Waals surface area contributed by atoms with E-state index in [-0.39, 0.29) is 5.69 Å². The second kappa shape index (κ2) is 8.99. The van der Waals surface area contributed by atoms with E-state index in [1.807, 2.05) is 66.9 Å². The summed E-state index contributed by atoms with van der Waals surface area (Å²) in [4.78, 5) is 25.5. The molecule has 0 atom stereocenters. The lowest BCUT2D eigenvalue weighted by Gasteiger charge is -2.10. The molecule has 168 valence electrons. The van der Waals surface area contributed by atoms with Gasteiger partial charge < -0.3 is 9.30 Å². The van der Waals surface area contributed by atoms with Gasteiger partial charge in [0.15, 0.2) is 5.69 Å². The van der Waals surface area contributed by atoms with Crippen molar-refractivity contribution in [2.75, 3.05) is 7.11 Å². The van der Waals surface area contributed by atoms with Gasteiger partial charge in [0.05, 0.1) is 24.1 Å². The molecule has 2 heterocycles. The predicted octanol–water partition coefficient (Wildman–Crippen LogP) is 3.07. The third-order valence-corrected chi connectivity index (χ3v) is 5.39. The molecule has 0 radical (unpaired) electrons. The normalized spacial score (nSPS) is 10.7. The average Bonchev–Trinajstić information content (AvgIpc) is 3.36. The zero-order valence-corrected chi connectivity index (χ0v) is 18.8. The van der Waals surface area contributed by atoms with E-state index in [2.05, 4.69) is 21.2 Å². The first kappa shape index (κ1) is 21.8. The topological polar surface area (TPSA) is 103 Å². The fourth-order valence-electron chi connectivity index (χ4n) is 3.73. The molecule has 0 unspecified atom stereocenters. The van der Waals surface area contributed by atoms with Gasteiger partial charge in [-0.15, -0.1) is 5.10 Å². The highest BCUT2D eigenvalue weighted by atomic mass is 16.5. The Labute approximate surface area is 191 Å². The Hall–Kier alpha value is -4.40. The molecule has 2 amide bonds. The maximum absolute atomic E-state index is 12.8. The number of ether oxygens (including phenoxy) is 1. The number of hydrogen-bond acceptors (Lipinski definition) is 5. The first-order chi connectivity index (χ1) is 15.9.